The van der Waals surface area contributed by atoms with Gasteiger partial charge in [0.25, 0.3) is 0 Å². The molecule has 4 heteroatoms. The minimum atomic E-state index is -0.994. The molecule has 0 fully saturated rings. The molecule has 0 spiro atoms. The second-order valence-electron chi connectivity index (χ2n) is 6.43. The van der Waals surface area contributed by atoms with Crippen LogP contribution >= 0.6 is 0 Å². The third kappa shape index (κ3) is 5.89. The van der Waals surface area contributed by atoms with Crippen LogP contribution in [0.1, 0.15) is 41.3 Å². The molecule has 0 radical (unpaired) electrons. The molecule has 3 aromatic carbocycles. The van der Waals surface area contributed by atoms with Crippen molar-refractivity contribution in [2.45, 2.75) is 26.7 Å². The molecule has 0 amide bonds. The summed E-state index contributed by atoms with van der Waals surface area (Å²) in [5.41, 5.74) is 2.29. The second-order valence-corrected chi connectivity index (χ2v) is 6.43. The van der Waals surface area contributed by atoms with Gasteiger partial charge in [0.15, 0.2) is 0 Å². The van der Waals surface area contributed by atoms with Crippen LogP contribution in [0.4, 0.5) is 0 Å². The smallest absolute Gasteiger partial charge is 0.339 e. The van der Waals surface area contributed by atoms with Crippen molar-refractivity contribution < 1.29 is 19.7 Å². The summed E-state index contributed by atoms with van der Waals surface area (Å²) in [4.78, 5) is 10.9. The van der Waals surface area contributed by atoms with Crippen molar-refractivity contribution >= 4 is 5.97 Å². The van der Waals surface area contributed by atoms with Gasteiger partial charge in [-0.2, -0.15) is 0 Å². The van der Waals surface area contributed by atoms with E-state index in [9.17, 15) is 9.90 Å². The van der Waals surface area contributed by atoms with Crippen LogP contribution in [0.15, 0.2) is 72.8 Å². The van der Waals surface area contributed by atoms with Crippen LogP contribution in [0, 0.1) is 6.92 Å². The zero-order valence-corrected chi connectivity index (χ0v) is 15.7. The van der Waals surface area contributed by atoms with Crippen molar-refractivity contribution in [3.63, 3.8) is 0 Å². The molecule has 0 bridgehead atoms. The van der Waals surface area contributed by atoms with Crippen molar-refractivity contribution in [3.8, 4) is 17.2 Å². The molecule has 3 aromatic rings. The monoisotopic (exact) mass is 364 g/mol. The number of phenolic OH excluding ortho intramolecular Hbond substituents is 1. The van der Waals surface area contributed by atoms with Crippen LogP contribution < -0.4 is 4.74 Å². The summed E-state index contributed by atoms with van der Waals surface area (Å²) >= 11 is 0. The van der Waals surface area contributed by atoms with Crippen molar-refractivity contribution in [3.05, 3.63) is 89.5 Å². The Balaban J connectivity index is 0.000000208. The third-order valence-electron chi connectivity index (χ3n) is 3.90. The number of carboxylic acids is 1. The van der Waals surface area contributed by atoms with Gasteiger partial charge in [0, 0.05) is 0 Å². The Kier molecular flexibility index (Phi) is 7.00. The Morgan fingerprint density at radius 2 is 1.56 bits per heavy atom. The van der Waals surface area contributed by atoms with Gasteiger partial charge in [-0.3, -0.25) is 0 Å². The highest BCUT2D eigenvalue weighted by Gasteiger charge is 2.10. The number of aryl methyl sites for hydroxylation is 1. The number of carbonyl (C=O) groups is 1. The first-order chi connectivity index (χ1) is 12.9. The molecular formula is C23H24O4. The number of hydrogen-bond acceptors (Lipinski definition) is 3. The number of aromatic carboxylic acids is 1. The molecule has 0 unspecified atom stereocenters. The average Bonchev–Trinajstić information content (AvgIpc) is 2.63. The lowest BCUT2D eigenvalue weighted by Crippen LogP contribution is -1.99. The molecule has 0 atom stereocenters. The zero-order valence-electron chi connectivity index (χ0n) is 15.7. The van der Waals surface area contributed by atoms with Crippen molar-refractivity contribution in [2.75, 3.05) is 0 Å². The van der Waals surface area contributed by atoms with Crippen LogP contribution in [0.5, 0.6) is 17.2 Å². The van der Waals surface area contributed by atoms with Gasteiger partial charge in [-0.1, -0.05) is 56.3 Å². The number of benzene rings is 3. The van der Waals surface area contributed by atoms with Gasteiger partial charge in [-0.05, 0) is 54.3 Å². The fourth-order valence-electron chi connectivity index (χ4n) is 2.49. The molecule has 4 nitrogen and oxygen atoms in total. The van der Waals surface area contributed by atoms with Crippen molar-refractivity contribution in [2.24, 2.45) is 0 Å². The first-order valence-electron chi connectivity index (χ1n) is 8.73. The largest absolute Gasteiger partial charge is 0.508 e. The average molecular weight is 364 g/mol. The standard InChI is InChI=1S/C13H10O3.C10H14O/c14-13(15)11-8-4-5-9-12(11)16-10-6-2-1-3-7-10;1-7(2)9-5-4-8(3)6-10(9)11/h1-9H,(H,14,15);4-7,11H,1-3H3. The molecule has 0 saturated heterocycles. The topological polar surface area (TPSA) is 66.8 Å². The highest BCUT2D eigenvalue weighted by atomic mass is 16.5. The van der Waals surface area contributed by atoms with Crippen LogP contribution in [0.2, 0.25) is 0 Å². The Morgan fingerprint density at radius 1 is 0.926 bits per heavy atom. The van der Waals surface area contributed by atoms with Crippen molar-refractivity contribution in [1.29, 1.82) is 0 Å². The van der Waals surface area contributed by atoms with E-state index < -0.39 is 5.97 Å². The second kappa shape index (κ2) is 9.43. The van der Waals surface area contributed by atoms with Crippen molar-refractivity contribution in [1.82, 2.24) is 0 Å². The lowest BCUT2D eigenvalue weighted by atomic mass is 10.0. The summed E-state index contributed by atoms with van der Waals surface area (Å²) in [6.07, 6.45) is 0. The summed E-state index contributed by atoms with van der Waals surface area (Å²) in [5.74, 6) is 0.791. The van der Waals surface area contributed by atoms with E-state index in [4.69, 9.17) is 9.84 Å². The van der Waals surface area contributed by atoms with E-state index in [0.717, 1.165) is 11.1 Å². The summed E-state index contributed by atoms with van der Waals surface area (Å²) < 4.78 is 5.49. The minimum absolute atomic E-state index is 0.159. The van der Waals surface area contributed by atoms with E-state index in [0.29, 0.717) is 23.2 Å². The lowest BCUT2D eigenvalue weighted by molar-refractivity contribution is 0.0694. The molecular weight excluding hydrogens is 340 g/mol. The van der Waals surface area contributed by atoms with Crippen LogP contribution in [-0.4, -0.2) is 16.2 Å². The SMILES string of the molecule is Cc1ccc(C(C)C)c(O)c1.O=C(O)c1ccccc1Oc1ccccc1. The maximum absolute atomic E-state index is 10.9. The molecule has 0 aliphatic rings. The molecule has 140 valence electrons. The third-order valence-corrected chi connectivity index (χ3v) is 3.90. The summed E-state index contributed by atoms with van der Waals surface area (Å²) in [5, 5.41) is 18.4. The minimum Gasteiger partial charge on any atom is -0.508 e. The van der Waals surface area contributed by atoms with Gasteiger partial charge in [-0.15, -0.1) is 0 Å². The first kappa shape index (κ1) is 20.0. The van der Waals surface area contributed by atoms with Gasteiger partial charge >= 0.3 is 5.97 Å². The normalized spacial score (nSPS) is 10.1. The molecule has 0 aliphatic carbocycles. The predicted molar refractivity (Wildman–Crippen MR) is 107 cm³/mol. The number of rotatable bonds is 4. The quantitative estimate of drug-likeness (QED) is 0.596. The van der Waals surface area contributed by atoms with Gasteiger partial charge in [0.2, 0.25) is 0 Å². The molecule has 0 aliphatic heterocycles. The lowest BCUT2D eigenvalue weighted by Gasteiger charge is -2.07. The number of phenols is 1. The van der Waals surface area contributed by atoms with Crippen LogP contribution in [0.3, 0.4) is 0 Å². The number of hydrogen-bond donors (Lipinski definition) is 2. The van der Waals surface area contributed by atoms with Gasteiger partial charge < -0.3 is 14.9 Å². The van der Waals surface area contributed by atoms with Crippen LogP contribution in [0.25, 0.3) is 0 Å². The molecule has 2 N–H and O–H groups in total. The highest BCUT2D eigenvalue weighted by molar-refractivity contribution is 5.90. The van der Waals surface area contributed by atoms with E-state index in [1.165, 1.54) is 6.07 Å². The maximum atomic E-state index is 10.9. The van der Waals surface area contributed by atoms with E-state index in [1.54, 1.807) is 36.4 Å². The van der Waals surface area contributed by atoms with Crippen LogP contribution in [-0.2, 0) is 0 Å². The number of carboxylic acid groups (broad SMARTS) is 1. The van der Waals surface area contributed by atoms with Gasteiger partial charge in [0.05, 0.1) is 0 Å². The summed E-state index contributed by atoms with van der Waals surface area (Å²) in [6, 6.07) is 21.5. The molecule has 0 saturated carbocycles. The maximum Gasteiger partial charge on any atom is 0.339 e. The van der Waals surface area contributed by atoms with E-state index >= 15 is 0 Å². The number of ether oxygens (including phenoxy) is 1. The fraction of sp³-hybridized carbons (Fsp3) is 0.174. The fourth-order valence-corrected chi connectivity index (χ4v) is 2.49. The highest BCUT2D eigenvalue weighted by Crippen LogP contribution is 2.26. The van der Waals surface area contributed by atoms with Gasteiger partial charge in [0.1, 0.15) is 22.8 Å². The number of aromatic hydroxyl groups is 1. The van der Waals surface area contributed by atoms with Gasteiger partial charge in [-0.25, -0.2) is 4.79 Å². The van der Waals surface area contributed by atoms with E-state index in [1.807, 2.05) is 37.3 Å². The molecule has 27 heavy (non-hydrogen) atoms. The Morgan fingerprint density at radius 3 is 2.15 bits per heavy atom. The first-order valence-corrected chi connectivity index (χ1v) is 8.73. The number of para-hydroxylation sites is 2. The van der Waals surface area contributed by atoms with E-state index in [-0.39, 0.29) is 5.56 Å². The predicted octanol–water partition coefficient (Wildman–Crippen LogP) is 6.00. The summed E-state index contributed by atoms with van der Waals surface area (Å²) in [7, 11) is 0. The zero-order chi connectivity index (χ0) is 19.8. The molecule has 0 aromatic heterocycles. The Labute approximate surface area is 159 Å². The Bertz CT molecular complexity index is 886. The molecule has 0 heterocycles. The van der Waals surface area contributed by atoms with E-state index in [2.05, 4.69) is 13.8 Å². The summed E-state index contributed by atoms with van der Waals surface area (Å²) in [6.45, 7) is 6.12. The molecule has 3 rings (SSSR count). The Hall–Kier alpha value is -3.27.